The van der Waals surface area contributed by atoms with Crippen LogP contribution >= 0.6 is 11.6 Å². The van der Waals surface area contributed by atoms with Crippen molar-refractivity contribution in [3.63, 3.8) is 0 Å². The molecule has 0 aromatic heterocycles. The van der Waals surface area contributed by atoms with Crippen molar-refractivity contribution in [3.05, 3.63) is 58.9 Å². The quantitative estimate of drug-likeness (QED) is 0.539. The Balaban J connectivity index is 1.13. The molecule has 0 atom stereocenters. The highest BCUT2D eigenvalue weighted by Gasteiger charge is 2.33. The van der Waals surface area contributed by atoms with Gasteiger partial charge in [-0.3, -0.25) is 0 Å². The number of piperidine rings is 1. The summed E-state index contributed by atoms with van der Waals surface area (Å²) in [6.45, 7) is 2.11. The van der Waals surface area contributed by atoms with Crippen molar-refractivity contribution < 1.29 is 17.5 Å². The molecule has 0 bridgehead atoms. The van der Waals surface area contributed by atoms with Crippen LogP contribution in [-0.4, -0.2) is 44.6 Å². The molecular weight excluding hydrogens is 475 g/mol. The second-order valence-electron chi connectivity index (χ2n) is 9.87. The van der Waals surface area contributed by atoms with Crippen LogP contribution in [0, 0.1) is 5.82 Å². The van der Waals surface area contributed by atoms with Crippen LogP contribution in [-0.2, 0) is 10.0 Å². The Hall–Kier alpha value is -1.67. The van der Waals surface area contributed by atoms with Gasteiger partial charge in [0.25, 0.3) is 0 Å². The van der Waals surface area contributed by atoms with Crippen LogP contribution in [0.2, 0.25) is 5.02 Å². The number of halogens is 2. The van der Waals surface area contributed by atoms with Crippen LogP contribution in [0.1, 0.15) is 62.8 Å². The molecule has 2 aromatic carbocycles. The van der Waals surface area contributed by atoms with E-state index in [9.17, 15) is 12.8 Å². The molecule has 2 aliphatic carbocycles. The van der Waals surface area contributed by atoms with Crippen molar-refractivity contribution in [1.82, 2.24) is 9.62 Å². The third kappa shape index (κ3) is 5.59. The second kappa shape index (κ2) is 10.1. The first-order valence-electron chi connectivity index (χ1n) is 12.4. The first-order chi connectivity index (χ1) is 16.4. The van der Waals surface area contributed by atoms with Crippen LogP contribution < -0.4 is 9.46 Å². The molecular formula is C26H32ClFN2O3S. The summed E-state index contributed by atoms with van der Waals surface area (Å²) in [5.74, 6) is 0.812. The summed E-state index contributed by atoms with van der Waals surface area (Å²) in [5.41, 5.74) is 1.35. The van der Waals surface area contributed by atoms with E-state index in [2.05, 4.69) is 33.9 Å². The number of likely N-dealkylation sites (tertiary alicyclic amines) is 1. The molecule has 34 heavy (non-hydrogen) atoms. The van der Waals surface area contributed by atoms with Crippen LogP contribution in [0.4, 0.5) is 4.39 Å². The maximum absolute atomic E-state index is 14.1. The Labute approximate surface area is 206 Å². The van der Waals surface area contributed by atoms with Crippen molar-refractivity contribution in [1.29, 1.82) is 0 Å². The smallest absolute Gasteiger partial charge is 0.243 e. The summed E-state index contributed by atoms with van der Waals surface area (Å²) < 4.78 is 48.3. The molecule has 2 saturated carbocycles. The van der Waals surface area contributed by atoms with Gasteiger partial charge in [-0.1, -0.05) is 29.8 Å². The molecule has 0 unspecified atom stereocenters. The van der Waals surface area contributed by atoms with E-state index in [0.29, 0.717) is 18.1 Å². The average molecular weight is 507 g/mol. The summed E-state index contributed by atoms with van der Waals surface area (Å²) in [5, 5.41) is 0.204. The minimum atomic E-state index is -3.94. The molecule has 0 spiro atoms. The normalized spacial score (nSPS) is 24.8. The second-order valence-corrected chi connectivity index (χ2v) is 12.0. The number of rotatable bonds is 7. The van der Waals surface area contributed by atoms with Gasteiger partial charge in [-0.15, -0.1) is 0 Å². The van der Waals surface area contributed by atoms with E-state index in [1.165, 1.54) is 30.5 Å². The van der Waals surface area contributed by atoms with E-state index >= 15 is 0 Å². The summed E-state index contributed by atoms with van der Waals surface area (Å²) >= 11 is 5.88. The fraction of sp³-hybridized carbons (Fsp3) is 0.538. The zero-order chi connectivity index (χ0) is 23.7. The fourth-order valence-electron chi connectivity index (χ4n) is 5.39. The molecule has 184 valence electrons. The minimum absolute atomic E-state index is 0.177. The number of nitrogens with one attached hydrogen (secondary N) is 1. The van der Waals surface area contributed by atoms with Crippen molar-refractivity contribution >= 4 is 21.6 Å². The zero-order valence-electron chi connectivity index (χ0n) is 19.3. The lowest BCUT2D eigenvalue weighted by atomic mass is 9.85. The van der Waals surface area contributed by atoms with Gasteiger partial charge in [-0.05, 0) is 100 Å². The van der Waals surface area contributed by atoms with E-state index < -0.39 is 15.8 Å². The number of hydrogen-bond acceptors (Lipinski definition) is 4. The van der Waals surface area contributed by atoms with E-state index in [-0.39, 0.29) is 16.0 Å². The lowest BCUT2D eigenvalue weighted by Gasteiger charge is -2.41. The van der Waals surface area contributed by atoms with E-state index in [4.69, 9.17) is 16.3 Å². The van der Waals surface area contributed by atoms with Crippen molar-refractivity contribution in [2.45, 2.75) is 80.4 Å². The van der Waals surface area contributed by atoms with Crippen molar-refractivity contribution in [2.24, 2.45) is 0 Å². The molecule has 1 saturated heterocycles. The van der Waals surface area contributed by atoms with E-state index in [1.807, 2.05) is 0 Å². The molecule has 3 aliphatic rings. The Kier molecular flexibility index (Phi) is 7.17. The highest BCUT2D eigenvalue weighted by molar-refractivity contribution is 7.89. The predicted octanol–water partition coefficient (Wildman–Crippen LogP) is 5.49. The topological polar surface area (TPSA) is 58.6 Å². The number of nitrogens with zero attached hydrogens (tertiary/aromatic N) is 1. The first kappa shape index (κ1) is 24.0. The van der Waals surface area contributed by atoms with E-state index in [1.54, 1.807) is 0 Å². The van der Waals surface area contributed by atoms with Crippen LogP contribution in [0.25, 0.3) is 0 Å². The number of ether oxygens (including phenoxy) is 1. The van der Waals surface area contributed by atoms with Gasteiger partial charge < -0.3 is 9.64 Å². The largest absolute Gasteiger partial charge is 0.490 e. The SMILES string of the molecule is O=S(=O)(N[C@H]1CC[C@H](N2CCC(c3ccccc3OC3CC3)CC2)CC1)c1cc(Cl)ccc1F. The highest BCUT2D eigenvalue weighted by atomic mass is 35.5. The molecule has 0 amide bonds. The maximum atomic E-state index is 14.1. The Bertz CT molecular complexity index is 1110. The monoisotopic (exact) mass is 506 g/mol. The predicted molar refractivity (Wildman–Crippen MR) is 131 cm³/mol. The molecule has 2 aromatic rings. The fourth-order valence-corrected chi connectivity index (χ4v) is 7.04. The number of benzene rings is 2. The molecule has 1 N–H and O–H groups in total. The minimum Gasteiger partial charge on any atom is -0.490 e. The van der Waals surface area contributed by atoms with E-state index in [0.717, 1.165) is 63.4 Å². The molecule has 8 heteroatoms. The molecule has 5 rings (SSSR count). The lowest BCUT2D eigenvalue weighted by molar-refractivity contribution is 0.115. The molecule has 1 aliphatic heterocycles. The van der Waals surface area contributed by atoms with Gasteiger partial charge in [0.15, 0.2) is 0 Å². The molecule has 5 nitrogen and oxygen atoms in total. The standard InChI is InChI=1S/C26H32ClFN2O3S/c27-19-5-12-24(28)26(17-19)34(31,32)29-20-6-8-21(9-7-20)30-15-13-18(14-16-30)23-3-1-2-4-25(23)33-22-10-11-22/h1-5,12,17-18,20-22,29H,6-11,13-16H2/t20-,21-. The van der Waals surface area contributed by atoms with Gasteiger partial charge in [0, 0.05) is 17.1 Å². The zero-order valence-corrected chi connectivity index (χ0v) is 20.8. The van der Waals surface area contributed by atoms with Gasteiger partial charge in [0.05, 0.1) is 6.10 Å². The Morgan fingerprint density at radius 1 is 0.941 bits per heavy atom. The Morgan fingerprint density at radius 3 is 2.35 bits per heavy atom. The van der Waals surface area contributed by atoms with Crippen LogP contribution in [0.5, 0.6) is 5.75 Å². The summed E-state index contributed by atoms with van der Waals surface area (Å²) in [6, 6.07) is 12.4. The van der Waals surface area contributed by atoms with Gasteiger partial charge in [-0.2, -0.15) is 0 Å². The average Bonchev–Trinajstić information content (AvgIpc) is 3.65. The molecule has 1 heterocycles. The van der Waals surface area contributed by atoms with Crippen LogP contribution in [0.3, 0.4) is 0 Å². The summed E-state index contributed by atoms with van der Waals surface area (Å²) in [7, 11) is -3.94. The third-order valence-corrected chi connectivity index (χ3v) is 9.19. The third-order valence-electron chi connectivity index (χ3n) is 7.42. The summed E-state index contributed by atoms with van der Waals surface area (Å²) in [6.07, 6.45) is 8.36. The molecule has 3 fully saturated rings. The highest BCUT2D eigenvalue weighted by Crippen LogP contribution is 2.38. The maximum Gasteiger partial charge on any atom is 0.243 e. The van der Waals surface area contributed by atoms with Gasteiger partial charge in [-0.25, -0.2) is 17.5 Å². The van der Waals surface area contributed by atoms with Crippen molar-refractivity contribution in [2.75, 3.05) is 13.1 Å². The van der Waals surface area contributed by atoms with Crippen molar-refractivity contribution in [3.8, 4) is 5.75 Å². The lowest BCUT2D eigenvalue weighted by Crippen LogP contribution is -2.46. The van der Waals surface area contributed by atoms with Gasteiger partial charge >= 0.3 is 0 Å². The number of sulfonamides is 1. The first-order valence-corrected chi connectivity index (χ1v) is 14.2. The molecule has 0 radical (unpaired) electrons. The Morgan fingerprint density at radius 2 is 1.65 bits per heavy atom. The van der Waals surface area contributed by atoms with Gasteiger partial charge in [0.2, 0.25) is 10.0 Å². The number of hydrogen-bond donors (Lipinski definition) is 1. The van der Waals surface area contributed by atoms with Gasteiger partial charge in [0.1, 0.15) is 16.5 Å². The number of para-hydroxylation sites is 1. The summed E-state index contributed by atoms with van der Waals surface area (Å²) in [4.78, 5) is 2.19. The van der Waals surface area contributed by atoms with Crippen LogP contribution in [0.15, 0.2) is 47.4 Å².